The molecule has 0 aromatic heterocycles. The van der Waals surface area contributed by atoms with Crippen molar-refractivity contribution in [3.63, 3.8) is 0 Å². The van der Waals surface area contributed by atoms with Crippen LogP contribution in [0.15, 0.2) is 66.7 Å². The van der Waals surface area contributed by atoms with Crippen LogP contribution in [0.4, 0.5) is 15.3 Å². The number of hydrogen-bond donors (Lipinski definition) is 2. The summed E-state index contributed by atoms with van der Waals surface area (Å²) >= 11 is 0. The molecule has 3 aromatic carbocycles. The summed E-state index contributed by atoms with van der Waals surface area (Å²) in [6, 6.07) is 21.1. The van der Waals surface area contributed by atoms with Gasteiger partial charge < -0.3 is 24.2 Å². The number of carboxylic acid groups (broad SMARTS) is 1. The van der Waals surface area contributed by atoms with Crippen LogP contribution in [-0.4, -0.2) is 52.5 Å². The fourth-order valence-electron chi connectivity index (χ4n) is 6.05. The second-order valence-electron chi connectivity index (χ2n) is 13.0. The highest BCUT2D eigenvalue weighted by molar-refractivity contribution is 5.85. The van der Waals surface area contributed by atoms with Crippen molar-refractivity contribution in [2.24, 2.45) is 0 Å². The third kappa shape index (κ3) is 6.98. The second-order valence-corrected chi connectivity index (χ2v) is 13.0. The van der Waals surface area contributed by atoms with Gasteiger partial charge in [0.1, 0.15) is 23.6 Å². The Bertz CT molecular complexity index is 1510. The average Bonchev–Trinajstić information content (AvgIpc) is 3.26. The van der Waals surface area contributed by atoms with E-state index >= 15 is 0 Å². The number of amides is 2. The number of carbonyl (C=O) groups excluding carboxylic acids is 2. The van der Waals surface area contributed by atoms with Gasteiger partial charge in [-0.1, -0.05) is 48.5 Å². The van der Waals surface area contributed by atoms with Gasteiger partial charge in [-0.05, 0) is 81.5 Å². The number of ether oxygens (including phenoxy) is 3. The van der Waals surface area contributed by atoms with Gasteiger partial charge in [0.2, 0.25) is 0 Å². The fraction of sp³-hybridized carbons (Fsp3) is 0.400. The number of benzene rings is 3. The molecule has 3 aromatic rings. The number of hydrogen-bond acceptors (Lipinski definition) is 6. The van der Waals surface area contributed by atoms with E-state index in [2.05, 4.69) is 29.6 Å². The Balaban J connectivity index is 1.42. The van der Waals surface area contributed by atoms with Crippen LogP contribution in [0.2, 0.25) is 0 Å². The first-order valence-corrected chi connectivity index (χ1v) is 15.0. The lowest BCUT2D eigenvalue weighted by Crippen LogP contribution is -2.44. The zero-order valence-corrected chi connectivity index (χ0v) is 25.9. The van der Waals surface area contributed by atoms with Gasteiger partial charge in [0.25, 0.3) is 0 Å². The molecule has 0 fully saturated rings. The molecule has 0 spiro atoms. The third-order valence-electron chi connectivity index (χ3n) is 7.82. The number of rotatable bonds is 8. The summed E-state index contributed by atoms with van der Waals surface area (Å²) in [5, 5.41) is 12.1. The number of carbonyl (C=O) groups is 3. The third-order valence-corrected chi connectivity index (χ3v) is 7.82. The van der Waals surface area contributed by atoms with E-state index in [9.17, 15) is 19.5 Å². The zero-order valence-electron chi connectivity index (χ0n) is 25.9. The standard InChI is InChI=1S/C35H40N2O7/c1-34(2,3)44-32(40)36-22-16-17-30-27(19-22)29(20-35(4,5)43-30)37(18-10-15-31(38)39)33(41)42-21-28-25-13-8-6-11-23(25)24-12-7-9-14-26(24)28/h6-9,11-14,16-17,19,28-29H,10,15,18,20-21H2,1-5H3,(H,36,40)(H,38,39). The molecule has 2 aliphatic rings. The highest BCUT2D eigenvalue weighted by atomic mass is 16.6. The van der Waals surface area contributed by atoms with Gasteiger partial charge in [-0.2, -0.15) is 0 Å². The fourth-order valence-corrected chi connectivity index (χ4v) is 6.05. The molecule has 2 N–H and O–H groups in total. The van der Waals surface area contributed by atoms with Crippen LogP contribution in [-0.2, 0) is 14.3 Å². The summed E-state index contributed by atoms with van der Waals surface area (Å²) in [6.07, 6.45) is -0.528. The molecule has 9 nitrogen and oxygen atoms in total. The van der Waals surface area contributed by atoms with Gasteiger partial charge in [-0.3, -0.25) is 10.1 Å². The molecule has 1 aliphatic carbocycles. The largest absolute Gasteiger partial charge is 0.487 e. The highest BCUT2D eigenvalue weighted by Gasteiger charge is 2.40. The minimum absolute atomic E-state index is 0.0904. The molecule has 232 valence electrons. The van der Waals surface area contributed by atoms with Crippen molar-refractivity contribution in [3.05, 3.63) is 83.4 Å². The molecular formula is C35H40N2O7. The van der Waals surface area contributed by atoms with Crippen LogP contribution in [0.1, 0.15) is 82.5 Å². The van der Waals surface area contributed by atoms with Gasteiger partial charge in [0.05, 0.1) is 6.04 Å². The molecule has 0 bridgehead atoms. The van der Waals surface area contributed by atoms with Crippen LogP contribution in [0.3, 0.4) is 0 Å². The van der Waals surface area contributed by atoms with E-state index in [4.69, 9.17) is 14.2 Å². The van der Waals surface area contributed by atoms with E-state index in [-0.39, 0.29) is 31.9 Å². The highest BCUT2D eigenvalue weighted by Crippen LogP contribution is 2.46. The Morgan fingerprint density at radius 3 is 2.23 bits per heavy atom. The van der Waals surface area contributed by atoms with E-state index in [1.54, 1.807) is 43.9 Å². The second kappa shape index (κ2) is 12.2. The number of anilines is 1. The molecular weight excluding hydrogens is 560 g/mol. The van der Waals surface area contributed by atoms with E-state index < -0.39 is 35.4 Å². The first-order valence-electron chi connectivity index (χ1n) is 15.0. The molecule has 44 heavy (non-hydrogen) atoms. The number of carboxylic acids is 1. The Labute approximate surface area is 258 Å². The lowest BCUT2D eigenvalue weighted by atomic mass is 9.88. The maximum atomic E-state index is 14.0. The van der Waals surface area contributed by atoms with E-state index in [0.29, 0.717) is 23.4 Å². The predicted molar refractivity (Wildman–Crippen MR) is 167 cm³/mol. The van der Waals surface area contributed by atoms with Gasteiger partial charge in [-0.25, -0.2) is 9.59 Å². The molecule has 5 rings (SSSR count). The molecule has 0 saturated heterocycles. The molecule has 1 aliphatic heterocycles. The minimum atomic E-state index is -0.936. The zero-order chi connectivity index (χ0) is 31.6. The van der Waals surface area contributed by atoms with Gasteiger partial charge in [0, 0.05) is 36.6 Å². The lowest BCUT2D eigenvalue weighted by Gasteiger charge is -2.42. The number of nitrogens with one attached hydrogen (secondary N) is 1. The summed E-state index contributed by atoms with van der Waals surface area (Å²) in [7, 11) is 0. The lowest BCUT2D eigenvalue weighted by molar-refractivity contribution is -0.137. The molecule has 9 heteroatoms. The van der Waals surface area contributed by atoms with Crippen LogP contribution in [0, 0.1) is 0 Å². The van der Waals surface area contributed by atoms with Crippen molar-refractivity contribution in [2.45, 2.75) is 77.0 Å². The smallest absolute Gasteiger partial charge is 0.412 e. The predicted octanol–water partition coefficient (Wildman–Crippen LogP) is 7.75. The van der Waals surface area contributed by atoms with Crippen molar-refractivity contribution in [3.8, 4) is 16.9 Å². The van der Waals surface area contributed by atoms with Gasteiger partial charge >= 0.3 is 18.2 Å². The van der Waals surface area contributed by atoms with Crippen molar-refractivity contribution >= 4 is 23.8 Å². The van der Waals surface area contributed by atoms with E-state index in [0.717, 1.165) is 22.3 Å². The Kier molecular flexibility index (Phi) is 8.59. The van der Waals surface area contributed by atoms with E-state index in [1.165, 1.54) is 0 Å². The first-order chi connectivity index (χ1) is 20.8. The summed E-state index contributed by atoms with van der Waals surface area (Å²) in [5.74, 6) is -0.472. The Hall–Kier alpha value is -4.53. The van der Waals surface area contributed by atoms with Crippen LogP contribution in [0.25, 0.3) is 11.1 Å². The number of nitrogens with zero attached hydrogens (tertiary/aromatic N) is 1. The molecule has 0 radical (unpaired) electrons. The molecule has 1 atom stereocenters. The first kappa shape index (κ1) is 30.9. The van der Waals surface area contributed by atoms with Crippen molar-refractivity contribution < 1.29 is 33.7 Å². The topological polar surface area (TPSA) is 114 Å². The Morgan fingerprint density at radius 1 is 0.977 bits per heavy atom. The monoisotopic (exact) mass is 600 g/mol. The van der Waals surface area contributed by atoms with Crippen LogP contribution < -0.4 is 10.1 Å². The molecule has 1 unspecified atom stereocenters. The maximum Gasteiger partial charge on any atom is 0.412 e. The molecule has 0 saturated carbocycles. The summed E-state index contributed by atoms with van der Waals surface area (Å²) < 4.78 is 17.7. The van der Waals surface area contributed by atoms with Crippen LogP contribution >= 0.6 is 0 Å². The molecule has 1 heterocycles. The summed E-state index contributed by atoms with van der Waals surface area (Å²) in [5.41, 5.74) is 4.38. The minimum Gasteiger partial charge on any atom is -0.487 e. The quantitative estimate of drug-likeness (QED) is 0.272. The summed E-state index contributed by atoms with van der Waals surface area (Å²) in [4.78, 5) is 39.5. The molecule has 2 amide bonds. The number of fused-ring (bicyclic) bond motifs is 4. The van der Waals surface area contributed by atoms with Gasteiger partial charge in [-0.15, -0.1) is 0 Å². The van der Waals surface area contributed by atoms with Crippen molar-refractivity contribution in [2.75, 3.05) is 18.5 Å². The van der Waals surface area contributed by atoms with Crippen molar-refractivity contribution in [1.82, 2.24) is 4.90 Å². The Morgan fingerprint density at radius 2 is 1.61 bits per heavy atom. The SMILES string of the molecule is CC(C)(C)OC(=O)Nc1ccc2c(c1)C(N(CCCC(=O)O)C(=O)OCC1c3ccccc3-c3ccccc31)CC(C)(C)O2. The van der Waals surface area contributed by atoms with E-state index in [1.807, 2.05) is 38.1 Å². The van der Waals surface area contributed by atoms with Gasteiger partial charge in [0.15, 0.2) is 0 Å². The van der Waals surface area contributed by atoms with Crippen LogP contribution in [0.5, 0.6) is 5.75 Å². The number of aliphatic carboxylic acids is 1. The average molecular weight is 601 g/mol. The normalized spacial score (nSPS) is 16.5. The maximum absolute atomic E-state index is 14.0. The summed E-state index contributed by atoms with van der Waals surface area (Å²) in [6.45, 7) is 9.57. The van der Waals surface area contributed by atoms with Crippen molar-refractivity contribution in [1.29, 1.82) is 0 Å².